The molecule has 0 radical (unpaired) electrons. The zero-order valence-corrected chi connectivity index (χ0v) is 18.8. The molecule has 5 nitrogen and oxygen atoms in total. The largest absolute Gasteiger partial charge is 0.493 e. The predicted molar refractivity (Wildman–Crippen MR) is 121 cm³/mol. The van der Waals surface area contributed by atoms with Crippen LogP contribution in [0.5, 0.6) is 11.5 Å². The lowest BCUT2D eigenvalue weighted by atomic mass is 9.98. The summed E-state index contributed by atoms with van der Waals surface area (Å²) in [7, 11) is 1.64. The Hall–Kier alpha value is -2.27. The van der Waals surface area contributed by atoms with Crippen LogP contribution in [-0.2, 0) is 0 Å². The maximum atomic E-state index is 13.4. The molecule has 0 aliphatic carbocycles. The predicted octanol–water partition coefficient (Wildman–Crippen LogP) is 4.68. The third kappa shape index (κ3) is 5.07. The van der Waals surface area contributed by atoms with E-state index in [1.807, 2.05) is 29.2 Å². The van der Waals surface area contributed by atoms with Crippen molar-refractivity contribution in [2.75, 3.05) is 20.2 Å². The first-order valence-corrected chi connectivity index (χ1v) is 11.1. The van der Waals surface area contributed by atoms with E-state index in [2.05, 4.69) is 44.4 Å². The van der Waals surface area contributed by atoms with Crippen LogP contribution in [0.3, 0.4) is 0 Å². The van der Waals surface area contributed by atoms with Crippen LogP contribution in [-0.4, -0.2) is 60.1 Å². The van der Waals surface area contributed by atoms with E-state index in [1.165, 1.54) is 0 Å². The summed E-state index contributed by atoms with van der Waals surface area (Å²) in [6, 6.07) is 6.30. The Balaban J connectivity index is 1.77. The quantitative estimate of drug-likeness (QED) is 0.610. The second-order valence-corrected chi connectivity index (χ2v) is 8.61. The summed E-state index contributed by atoms with van der Waals surface area (Å²) in [4.78, 5) is 17.9. The fourth-order valence-corrected chi connectivity index (χ4v) is 4.46. The number of amides is 1. The van der Waals surface area contributed by atoms with E-state index < -0.39 is 0 Å². The first-order chi connectivity index (χ1) is 14.4. The number of methoxy groups -OCH3 is 1. The lowest BCUT2D eigenvalue weighted by Gasteiger charge is -2.37. The van der Waals surface area contributed by atoms with Crippen molar-refractivity contribution < 1.29 is 14.3 Å². The van der Waals surface area contributed by atoms with Crippen LogP contribution in [0.25, 0.3) is 0 Å². The molecule has 1 saturated heterocycles. The minimum atomic E-state index is 0.0285. The molecule has 3 rings (SSSR count). The van der Waals surface area contributed by atoms with E-state index in [1.54, 1.807) is 7.11 Å². The normalized spacial score (nSPS) is 22.9. The van der Waals surface area contributed by atoms with Crippen LogP contribution >= 0.6 is 0 Å². The van der Waals surface area contributed by atoms with Gasteiger partial charge in [-0.05, 0) is 64.7 Å². The van der Waals surface area contributed by atoms with Crippen molar-refractivity contribution in [3.8, 4) is 11.5 Å². The maximum Gasteiger partial charge on any atom is 0.254 e. The summed E-state index contributed by atoms with van der Waals surface area (Å²) in [5, 5.41) is 0. The highest BCUT2D eigenvalue weighted by Gasteiger charge is 2.30. The molecule has 2 aliphatic heterocycles. The van der Waals surface area contributed by atoms with Gasteiger partial charge in [0.15, 0.2) is 11.5 Å². The average Bonchev–Trinajstić information content (AvgIpc) is 2.74. The van der Waals surface area contributed by atoms with Crippen molar-refractivity contribution in [1.82, 2.24) is 9.80 Å². The summed E-state index contributed by atoms with van der Waals surface area (Å²) in [6.07, 6.45) is 9.90. The van der Waals surface area contributed by atoms with Gasteiger partial charge in [-0.1, -0.05) is 18.2 Å². The van der Waals surface area contributed by atoms with Gasteiger partial charge in [-0.25, -0.2) is 0 Å². The number of carbonyl (C=O) groups is 1. The molecule has 2 aliphatic rings. The first-order valence-electron chi connectivity index (χ1n) is 11.1. The third-order valence-corrected chi connectivity index (χ3v) is 6.24. The molecule has 0 aromatic heterocycles. The first kappa shape index (κ1) is 22.4. The molecule has 0 N–H and O–H groups in total. The topological polar surface area (TPSA) is 42.0 Å². The molecule has 1 fully saturated rings. The lowest BCUT2D eigenvalue weighted by molar-refractivity contribution is 0.0618. The standard InChI is InChI=1S/C25H36N2O3/c1-6-8-21-10-7-9-19(4)27(21)25(28)20-11-12-23(29-5)24(17-20)30-22-13-15-26(16-14-22)18(2)3/h6-7,9,11-12,17-19,21-22H,1,8,10,13-16H2,2-5H3/t19-,21-/m1/s1. The fraction of sp³-hybridized carbons (Fsp3) is 0.560. The number of rotatable bonds is 7. The van der Waals surface area contributed by atoms with Gasteiger partial charge in [0, 0.05) is 36.8 Å². The number of hydrogen-bond acceptors (Lipinski definition) is 4. The zero-order valence-electron chi connectivity index (χ0n) is 18.8. The van der Waals surface area contributed by atoms with E-state index in [0.29, 0.717) is 23.1 Å². The Kier molecular flexibility index (Phi) is 7.59. The number of nitrogens with zero attached hydrogens (tertiary/aromatic N) is 2. The third-order valence-electron chi connectivity index (χ3n) is 6.24. The highest BCUT2D eigenvalue weighted by molar-refractivity contribution is 5.95. The van der Waals surface area contributed by atoms with Crippen molar-refractivity contribution in [2.24, 2.45) is 0 Å². The van der Waals surface area contributed by atoms with Gasteiger partial charge in [-0.15, -0.1) is 6.58 Å². The Morgan fingerprint density at radius 1 is 1.27 bits per heavy atom. The molecule has 0 bridgehead atoms. The van der Waals surface area contributed by atoms with Crippen LogP contribution in [0, 0.1) is 0 Å². The van der Waals surface area contributed by atoms with E-state index in [9.17, 15) is 4.79 Å². The van der Waals surface area contributed by atoms with Crippen LogP contribution in [0.15, 0.2) is 43.0 Å². The van der Waals surface area contributed by atoms with Gasteiger partial charge < -0.3 is 19.3 Å². The van der Waals surface area contributed by atoms with E-state index in [4.69, 9.17) is 9.47 Å². The van der Waals surface area contributed by atoms with E-state index >= 15 is 0 Å². The van der Waals surface area contributed by atoms with Crippen molar-refractivity contribution >= 4 is 5.91 Å². The molecule has 1 aromatic carbocycles. The van der Waals surface area contributed by atoms with Crippen molar-refractivity contribution in [1.29, 1.82) is 0 Å². The minimum Gasteiger partial charge on any atom is -0.493 e. The van der Waals surface area contributed by atoms with Gasteiger partial charge in [0.1, 0.15) is 6.10 Å². The lowest BCUT2D eigenvalue weighted by Crippen LogP contribution is -2.46. The number of ether oxygens (including phenoxy) is 2. The van der Waals surface area contributed by atoms with Crippen molar-refractivity contribution in [2.45, 2.75) is 70.7 Å². The van der Waals surface area contributed by atoms with Crippen LogP contribution in [0.4, 0.5) is 0 Å². The molecule has 164 valence electrons. The second kappa shape index (κ2) is 10.2. The smallest absolute Gasteiger partial charge is 0.254 e. The number of hydrogen-bond donors (Lipinski definition) is 0. The number of benzene rings is 1. The van der Waals surface area contributed by atoms with Gasteiger partial charge in [0.05, 0.1) is 7.11 Å². The summed E-state index contributed by atoms with van der Waals surface area (Å²) >= 11 is 0. The van der Waals surface area contributed by atoms with Gasteiger partial charge in [-0.2, -0.15) is 0 Å². The monoisotopic (exact) mass is 412 g/mol. The molecule has 1 aromatic rings. The van der Waals surface area contributed by atoms with Gasteiger partial charge >= 0.3 is 0 Å². The molecule has 1 amide bonds. The summed E-state index contributed by atoms with van der Waals surface area (Å²) in [5.41, 5.74) is 0.640. The van der Waals surface area contributed by atoms with Crippen molar-refractivity contribution in [3.63, 3.8) is 0 Å². The Morgan fingerprint density at radius 3 is 2.63 bits per heavy atom. The minimum absolute atomic E-state index is 0.0285. The van der Waals surface area contributed by atoms with Crippen LogP contribution in [0.2, 0.25) is 0 Å². The van der Waals surface area contributed by atoms with E-state index in [0.717, 1.165) is 38.8 Å². The van der Waals surface area contributed by atoms with E-state index in [-0.39, 0.29) is 24.1 Å². The highest BCUT2D eigenvalue weighted by Crippen LogP contribution is 2.32. The molecule has 2 heterocycles. The summed E-state index contributed by atoms with van der Waals surface area (Å²) < 4.78 is 11.9. The molecule has 30 heavy (non-hydrogen) atoms. The van der Waals surface area contributed by atoms with Gasteiger partial charge in [0.2, 0.25) is 0 Å². The number of likely N-dealkylation sites (tertiary alicyclic amines) is 1. The Morgan fingerprint density at radius 2 is 2.00 bits per heavy atom. The molecule has 0 saturated carbocycles. The molecule has 0 spiro atoms. The molecular formula is C25H36N2O3. The Labute approximate surface area is 181 Å². The molecule has 2 atom stereocenters. The number of piperidine rings is 1. The van der Waals surface area contributed by atoms with Gasteiger partial charge in [-0.3, -0.25) is 4.79 Å². The number of carbonyl (C=O) groups excluding carboxylic acids is 1. The SMILES string of the molecule is C=CC[C@@H]1CC=C[C@@H](C)N1C(=O)c1ccc(OC)c(OC2CCN(C(C)C)CC2)c1. The highest BCUT2D eigenvalue weighted by atomic mass is 16.5. The maximum absolute atomic E-state index is 13.4. The molecular weight excluding hydrogens is 376 g/mol. The van der Waals surface area contributed by atoms with Crippen LogP contribution in [0.1, 0.15) is 56.8 Å². The molecule has 0 unspecified atom stereocenters. The average molecular weight is 413 g/mol. The molecule has 5 heteroatoms. The zero-order chi connectivity index (χ0) is 21.7. The van der Waals surface area contributed by atoms with Gasteiger partial charge in [0.25, 0.3) is 5.91 Å². The second-order valence-electron chi connectivity index (χ2n) is 8.61. The summed E-state index contributed by atoms with van der Waals surface area (Å²) in [6.45, 7) is 12.5. The Bertz CT molecular complexity index is 766. The fourth-order valence-electron chi connectivity index (χ4n) is 4.46. The van der Waals surface area contributed by atoms with Crippen molar-refractivity contribution in [3.05, 3.63) is 48.6 Å². The van der Waals surface area contributed by atoms with Crippen LogP contribution < -0.4 is 9.47 Å². The summed E-state index contributed by atoms with van der Waals surface area (Å²) in [5.74, 6) is 1.36.